The zero-order valence-corrected chi connectivity index (χ0v) is 16.1. The molecule has 1 aromatic heterocycles. The quantitative estimate of drug-likeness (QED) is 0.784. The molecule has 1 amide bonds. The average molecular weight is 387 g/mol. The molecule has 1 aliphatic rings. The van der Waals surface area contributed by atoms with Crippen LogP contribution in [0.15, 0.2) is 34.7 Å². The van der Waals surface area contributed by atoms with E-state index in [-0.39, 0.29) is 23.3 Å². The normalized spacial score (nSPS) is 14.9. The molecule has 2 heterocycles. The highest BCUT2D eigenvalue weighted by Crippen LogP contribution is 2.23. The number of carbonyl (C=O) groups excluding carboxylic acids is 1. The molecule has 1 aromatic carbocycles. The van der Waals surface area contributed by atoms with Crippen LogP contribution in [0.1, 0.15) is 52.0 Å². The van der Waals surface area contributed by atoms with Gasteiger partial charge < -0.3 is 23.9 Å². The van der Waals surface area contributed by atoms with Crippen LogP contribution < -0.4 is 4.74 Å². The molecule has 3 rings (SSSR count). The molecule has 150 valence electrons. The monoisotopic (exact) mass is 387 g/mol. The van der Waals surface area contributed by atoms with E-state index in [1.54, 1.807) is 18.9 Å². The van der Waals surface area contributed by atoms with Crippen molar-refractivity contribution in [1.82, 2.24) is 4.90 Å². The second-order valence-electron chi connectivity index (χ2n) is 6.72. The summed E-state index contributed by atoms with van der Waals surface area (Å²) in [6.07, 6.45) is 1.92. The molecule has 7 heteroatoms. The van der Waals surface area contributed by atoms with Crippen molar-refractivity contribution in [2.24, 2.45) is 0 Å². The summed E-state index contributed by atoms with van der Waals surface area (Å²) < 4.78 is 16.8. The lowest BCUT2D eigenvalue weighted by atomic mass is 10.1. The van der Waals surface area contributed by atoms with Gasteiger partial charge in [-0.1, -0.05) is 25.1 Å². The number of piperidine rings is 1. The second kappa shape index (κ2) is 8.93. The van der Waals surface area contributed by atoms with Crippen LogP contribution in [0.2, 0.25) is 0 Å². The van der Waals surface area contributed by atoms with Crippen LogP contribution in [0.3, 0.4) is 0 Å². The van der Waals surface area contributed by atoms with Crippen LogP contribution >= 0.6 is 0 Å². The van der Waals surface area contributed by atoms with Gasteiger partial charge in [-0.3, -0.25) is 4.79 Å². The fraction of sp³-hybridized carbons (Fsp3) is 0.429. The molecule has 0 aliphatic carbocycles. The smallest absolute Gasteiger partial charge is 0.339 e. The maximum Gasteiger partial charge on any atom is 0.339 e. The summed E-state index contributed by atoms with van der Waals surface area (Å²) in [4.78, 5) is 25.6. The van der Waals surface area contributed by atoms with Gasteiger partial charge in [0, 0.05) is 31.1 Å². The fourth-order valence-electron chi connectivity index (χ4n) is 3.39. The maximum atomic E-state index is 12.7. The first-order chi connectivity index (χ1) is 13.5. The Morgan fingerprint density at radius 3 is 2.57 bits per heavy atom. The summed E-state index contributed by atoms with van der Waals surface area (Å²) in [6, 6.07) is 9.06. The Balaban J connectivity index is 1.55. The van der Waals surface area contributed by atoms with Crippen LogP contribution in [0.5, 0.6) is 5.75 Å². The van der Waals surface area contributed by atoms with Crippen LogP contribution in [0.25, 0.3) is 0 Å². The highest BCUT2D eigenvalue weighted by molar-refractivity contribution is 5.96. The third kappa shape index (κ3) is 4.36. The molecule has 1 aliphatic heterocycles. The highest BCUT2D eigenvalue weighted by Gasteiger charge is 2.28. The number of ether oxygens (including phenoxy) is 2. The van der Waals surface area contributed by atoms with Gasteiger partial charge in [0.25, 0.3) is 5.91 Å². The van der Waals surface area contributed by atoms with Gasteiger partial charge in [-0.05, 0) is 18.9 Å². The molecule has 7 nitrogen and oxygen atoms in total. The number of hydrogen-bond acceptors (Lipinski definition) is 5. The number of furan rings is 1. The van der Waals surface area contributed by atoms with Gasteiger partial charge in [0.05, 0.1) is 19.8 Å². The van der Waals surface area contributed by atoms with Crippen molar-refractivity contribution in [3.05, 3.63) is 53.0 Å². The van der Waals surface area contributed by atoms with Gasteiger partial charge in [0.2, 0.25) is 0 Å². The Labute approximate surface area is 163 Å². The van der Waals surface area contributed by atoms with Crippen molar-refractivity contribution in [2.75, 3.05) is 20.2 Å². The van der Waals surface area contributed by atoms with Gasteiger partial charge in [-0.2, -0.15) is 0 Å². The zero-order chi connectivity index (χ0) is 20.1. The molecule has 0 bridgehead atoms. The Bertz CT molecular complexity index is 835. The van der Waals surface area contributed by atoms with E-state index in [1.165, 1.54) is 6.07 Å². The molecule has 1 saturated heterocycles. The highest BCUT2D eigenvalue weighted by atomic mass is 16.5. The second-order valence-corrected chi connectivity index (χ2v) is 6.72. The van der Waals surface area contributed by atoms with Gasteiger partial charge >= 0.3 is 5.97 Å². The number of hydrogen-bond donors (Lipinski definition) is 1. The van der Waals surface area contributed by atoms with Crippen molar-refractivity contribution in [1.29, 1.82) is 0 Å². The molecular weight excluding hydrogens is 362 g/mol. The number of nitrogens with zero attached hydrogens (tertiary/aromatic N) is 1. The van der Waals surface area contributed by atoms with Gasteiger partial charge in [-0.15, -0.1) is 0 Å². The van der Waals surface area contributed by atoms with E-state index in [9.17, 15) is 14.7 Å². The minimum Gasteiger partial charge on any atom is -0.496 e. The summed E-state index contributed by atoms with van der Waals surface area (Å²) >= 11 is 0. The third-order valence-corrected chi connectivity index (χ3v) is 4.97. The van der Waals surface area contributed by atoms with Gasteiger partial charge in [0.1, 0.15) is 17.1 Å². The Kier molecular flexibility index (Phi) is 6.36. The number of aryl methyl sites for hydroxylation is 1. The number of rotatable bonds is 7. The first-order valence-corrected chi connectivity index (χ1v) is 9.42. The van der Waals surface area contributed by atoms with Crippen LogP contribution in [-0.2, 0) is 17.8 Å². The van der Waals surface area contributed by atoms with Crippen molar-refractivity contribution >= 4 is 11.9 Å². The van der Waals surface area contributed by atoms with Crippen LogP contribution in [0, 0.1) is 0 Å². The Hall–Kier alpha value is -2.80. The standard InChI is InChI=1S/C21H25NO6/c1-3-17-16(21(24)25)12-19(28-17)20(23)22-10-8-15(9-11-22)27-13-14-6-4-5-7-18(14)26-2/h4-7,12,15H,3,8-11,13H2,1-2H3,(H,24,25). The number of benzene rings is 1. The van der Waals surface area contributed by atoms with Crippen LogP contribution in [0.4, 0.5) is 0 Å². The number of carboxylic acids is 1. The summed E-state index contributed by atoms with van der Waals surface area (Å²) in [7, 11) is 1.64. The Morgan fingerprint density at radius 1 is 1.25 bits per heavy atom. The predicted octanol–water partition coefficient (Wildman–Crippen LogP) is 3.37. The number of carbonyl (C=O) groups is 2. The van der Waals surface area contributed by atoms with Gasteiger partial charge in [-0.25, -0.2) is 4.79 Å². The van der Waals surface area contributed by atoms with Crippen LogP contribution in [-0.4, -0.2) is 48.2 Å². The van der Waals surface area contributed by atoms with E-state index in [0.29, 0.717) is 44.7 Å². The lowest BCUT2D eigenvalue weighted by molar-refractivity contribution is -0.00164. The Morgan fingerprint density at radius 2 is 1.96 bits per heavy atom. The van der Waals surface area contributed by atoms with E-state index in [0.717, 1.165) is 11.3 Å². The van der Waals surface area contributed by atoms with Crippen molar-refractivity contribution in [3.63, 3.8) is 0 Å². The number of aromatic carboxylic acids is 1. The summed E-state index contributed by atoms with van der Waals surface area (Å²) in [5, 5.41) is 9.22. The predicted molar refractivity (Wildman–Crippen MR) is 102 cm³/mol. The number of carboxylic acid groups (broad SMARTS) is 1. The lowest BCUT2D eigenvalue weighted by Gasteiger charge is -2.31. The third-order valence-electron chi connectivity index (χ3n) is 4.97. The first-order valence-electron chi connectivity index (χ1n) is 9.42. The van der Waals surface area contributed by atoms with E-state index < -0.39 is 5.97 Å². The number of para-hydroxylation sites is 1. The van der Waals surface area contributed by atoms with E-state index in [4.69, 9.17) is 13.9 Å². The van der Waals surface area contributed by atoms with Crippen molar-refractivity contribution in [3.8, 4) is 5.75 Å². The first kappa shape index (κ1) is 19.9. The maximum absolute atomic E-state index is 12.7. The number of amides is 1. The lowest BCUT2D eigenvalue weighted by Crippen LogP contribution is -2.40. The zero-order valence-electron chi connectivity index (χ0n) is 16.1. The minimum absolute atomic E-state index is 0.0564. The summed E-state index contributed by atoms with van der Waals surface area (Å²) in [5.41, 5.74) is 1.05. The topological polar surface area (TPSA) is 89.2 Å². The minimum atomic E-state index is -1.08. The molecule has 0 radical (unpaired) electrons. The molecule has 0 atom stereocenters. The molecular formula is C21H25NO6. The average Bonchev–Trinajstić information content (AvgIpc) is 3.17. The summed E-state index contributed by atoms with van der Waals surface area (Å²) in [5.74, 6) is -0.143. The molecule has 0 spiro atoms. The largest absolute Gasteiger partial charge is 0.496 e. The van der Waals surface area contributed by atoms with E-state index in [1.807, 2.05) is 24.3 Å². The molecule has 2 aromatic rings. The molecule has 0 saturated carbocycles. The molecule has 0 unspecified atom stereocenters. The summed E-state index contributed by atoms with van der Waals surface area (Å²) in [6.45, 7) is 3.34. The molecule has 28 heavy (non-hydrogen) atoms. The number of likely N-dealkylation sites (tertiary alicyclic amines) is 1. The number of methoxy groups -OCH3 is 1. The van der Waals surface area contributed by atoms with E-state index >= 15 is 0 Å². The SMILES string of the molecule is CCc1oc(C(=O)N2CCC(OCc3ccccc3OC)CC2)cc1C(=O)O. The molecule has 1 fully saturated rings. The van der Waals surface area contributed by atoms with E-state index in [2.05, 4.69) is 0 Å². The molecule has 1 N–H and O–H groups in total. The van der Waals surface area contributed by atoms with Crippen molar-refractivity contribution in [2.45, 2.75) is 38.9 Å². The van der Waals surface area contributed by atoms with Crippen molar-refractivity contribution < 1.29 is 28.6 Å². The fourth-order valence-corrected chi connectivity index (χ4v) is 3.39. The van der Waals surface area contributed by atoms with Gasteiger partial charge in [0.15, 0.2) is 5.76 Å².